The van der Waals surface area contributed by atoms with Crippen LogP contribution in [0, 0.1) is 5.92 Å². The van der Waals surface area contributed by atoms with E-state index in [9.17, 15) is 83.4 Å². The smallest absolute Gasteiger partial charge is 0.416 e. The summed E-state index contributed by atoms with van der Waals surface area (Å²) in [5.74, 6) is -7.97. The van der Waals surface area contributed by atoms with Crippen LogP contribution >= 0.6 is 0 Å². The van der Waals surface area contributed by atoms with Crippen molar-refractivity contribution in [3.8, 4) is 17.2 Å². The van der Waals surface area contributed by atoms with Crippen molar-refractivity contribution in [2.24, 2.45) is 5.92 Å². The number of aliphatic hydroxyl groups is 6. The summed E-state index contributed by atoms with van der Waals surface area (Å²) >= 11 is 0. The molecule has 13 N–H and O–H groups in total. The van der Waals surface area contributed by atoms with Crippen molar-refractivity contribution in [3.05, 3.63) is 108 Å². The molecule has 552 valence electrons. The Hall–Kier alpha value is -10.5. The average Bonchev–Trinajstić information content (AvgIpc) is 1.59. The first kappa shape index (κ1) is 78.9. The lowest BCUT2D eigenvalue weighted by Crippen LogP contribution is -2.58. The minimum absolute atomic E-state index is 0.00613. The molecule has 0 saturated carbocycles. The molecule has 4 heterocycles. The molecule has 1 aromatic heterocycles. The van der Waals surface area contributed by atoms with Crippen LogP contribution in [-0.2, 0) is 72.3 Å². The number of fused-ring (bicyclic) bond motifs is 2. The molecule has 10 atom stereocenters. The molecular weight excluding hydrogens is 1340 g/mol. The van der Waals surface area contributed by atoms with Crippen LogP contribution in [0.5, 0.6) is 17.2 Å². The van der Waals surface area contributed by atoms with Gasteiger partial charge in [0, 0.05) is 56.7 Å². The van der Waals surface area contributed by atoms with E-state index in [4.69, 9.17) is 28.8 Å². The maximum atomic E-state index is 14.3. The molecule has 3 aromatic carbocycles. The molecule has 0 unspecified atom stereocenters. The van der Waals surface area contributed by atoms with Gasteiger partial charge >= 0.3 is 12.1 Å². The number of benzene rings is 3. The lowest BCUT2D eigenvalue weighted by molar-refractivity contribution is -0.146. The van der Waals surface area contributed by atoms with Gasteiger partial charge in [-0.1, -0.05) is 43.3 Å². The zero-order valence-corrected chi connectivity index (χ0v) is 56.9. The second-order valence-corrected chi connectivity index (χ2v) is 24.3. The minimum Gasteiger partial charge on any atom is -0.497 e. The molecule has 10 amide bonds. The monoisotopic (exact) mass is 1430 g/mol. The van der Waals surface area contributed by atoms with Crippen LogP contribution in [0.25, 0.3) is 5.57 Å². The van der Waals surface area contributed by atoms with Gasteiger partial charge in [-0.05, 0) is 72.7 Å². The standard InChI is InChI=1S/C66H85N13O23/c1-35(2)57(63(94)69-36(3)60(91)70-40-12-8-37(9-13-40)34-102-66(97)79-45-26-51(100-7)50(99-6)25-43(45)64(95)77-30-39(24-46(77)65(79)96)38-10-14-42(98-5)15-11-38)72-52(83)17-16-44(71-62(93)47(28-67-29-56(87)88)78-54(85)18-19-55(78)86)61(92)68-27-41-31-76(74-73-41)21-23-101-22-20-53(84)75(4)32-48(81)58(89)59(90)49(82)33-80/h8-15,18-19,25-26,30-31,35-36,44,46-49,57-59,65,67,80-82,89-90,96H,16-17,20-24,27-29,32-34H2,1-7H3,(H,68,92)(H,69,94)(H,70,91)(H,71,93)(H,72,83)(H,87,88)/t36-,44-,46-,47-,48-,49+,57-,58+,59+,65-/m0/s1. The van der Waals surface area contributed by atoms with Crippen molar-refractivity contribution in [1.29, 1.82) is 0 Å². The Labute approximate surface area is 584 Å². The number of rotatable bonds is 37. The summed E-state index contributed by atoms with van der Waals surface area (Å²) in [6, 6.07) is 9.44. The number of amides is 10. The first-order valence-corrected chi connectivity index (χ1v) is 32.2. The number of anilines is 2. The fourth-order valence-electron chi connectivity index (χ4n) is 10.9. The van der Waals surface area contributed by atoms with Crippen molar-refractivity contribution in [2.45, 2.75) is 127 Å². The lowest BCUT2D eigenvalue weighted by atomic mass is 10.0. The number of aromatic nitrogens is 3. The van der Waals surface area contributed by atoms with E-state index in [0.29, 0.717) is 21.8 Å². The van der Waals surface area contributed by atoms with Crippen LogP contribution < -0.4 is 51.0 Å². The van der Waals surface area contributed by atoms with E-state index >= 15 is 0 Å². The second-order valence-electron chi connectivity index (χ2n) is 24.3. The van der Waals surface area contributed by atoms with Gasteiger partial charge in [0.1, 0.15) is 66.6 Å². The Bertz CT molecular complexity index is 3720. The van der Waals surface area contributed by atoms with Crippen LogP contribution in [0.2, 0.25) is 0 Å². The Balaban J connectivity index is 0.929. The number of methoxy groups -OCH3 is 3. The Morgan fingerprint density at radius 2 is 1.44 bits per heavy atom. The average molecular weight is 1430 g/mol. The zero-order valence-electron chi connectivity index (χ0n) is 56.9. The fraction of sp³-hybridized carbons (Fsp3) is 0.470. The number of hydrogen-bond donors (Lipinski definition) is 13. The number of hydrogen-bond acceptors (Lipinski definition) is 25. The summed E-state index contributed by atoms with van der Waals surface area (Å²) in [7, 11) is 5.64. The van der Waals surface area contributed by atoms with Crippen LogP contribution in [0.1, 0.15) is 73.6 Å². The number of nitrogens with one attached hydrogen (secondary N) is 6. The van der Waals surface area contributed by atoms with E-state index in [1.807, 2.05) is 12.1 Å². The number of likely N-dealkylation sites (N-methyl/N-ethyl adjacent to an activating group) is 1. The summed E-state index contributed by atoms with van der Waals surface area (Å²) in [5, 5.41) is 93.4. The number of ether oxygens (including phenoxy) is 5. The molecule has 0 bridgehead atoms. The largest absolute Gasteiger partial charge is 0.497 e. The molecule has 0 radical (unpaired) electrons. The number of aliphatic hydroxyl groups excluding tert-OH is 6. The minimum atomic E-state index is -1.87. The normalized spacial score (nSPS) is 17.1. The third-order valence-electron chi connectivity index (χ3n) is 16.7. The van der Waals surface area contributed by atoms with Gasteiger partial charge in [0.25, 0.3) is 17.7 Å². The number of carboxylic acids is 1. The number of carbonyl (C=O) groups excluding carboxylic acids is 10. The number of carbonyl (C=O) groups is 11. The molecule has 0 saturated heterocycles. The van der Waals surface area contributed by atoms with Gasteiger partial charge in [0.15, 0.2) is 17.7 Å². The number of imide groups is 1. The van der Waals surface area contributed by atoms with E-state index in [0.717, 1.165) is 27.5 Å². The first-order valence-electron chi connectivity index (χ1n) is 32.2. The van der Waals surface area contributed by atoms with E-state index < -0.39 is 171 Å². The molecule has 0 aliphatic carbocycles. The molecule has 0 spiro atoms. The van der Waals surface area contributed by atoms with E-state index in [1.165, 1.54) is 75.3 Å². The SMILES string of the molecule is COc1ccc(C2=CN3C(=O)c4cc(OC)c(OC)cc4N(C(=O)OCc4ccc(NC(=O)[C@H](C)NC(=O)[C@@H](NC(=O)CC[C@H](NC(=O)[C@H](CNCC(=O)O)N5C(=O)C=CC5=O)C(=O)NCc5cn(CCOCCC(=O)N(C)C[C@H](O)[C@@H](O)[C@H](O)[C@H](O)CO)nn5)C(C)C)cc4)[C@@H](O)[C@@H]3C2)cc1. The fourth-order valence-corrected chi connectivity index (χ4v) is 10.9. The molecule has 36 nitrogen and oxygen atoms in total. The highest BCUT2D eigenvalue weighted by atomic mass is 16.6. The number of aliphatic carboxylic acids is 1. The van der Waals surface area contributed by atoms with Gasteiger partial charge < -0.3 is 101 Å². The van der Waals surface area contributed by atoms with Crippen molar-refractivity contribution in [2.75, 3.05) is 78.0 Å². The summed E-state index contributed by atoms with van der Waals surface area (Å²) in [5.41, 5.74) is 2.43. The van der Waals surface area contributed by atoms with E-state index in [2.05, 4.69) is 42.2 Å². The maximum Gasteiger partial charge on any atom is 0.416 e. The quantitative estimate of drug-likeness (QED) is 0.0164. The van der Waals surface area contributed by atoms with Crippen LogP contribution in [0.4, 0.5) is 16.2 Å². The predicted molar refractivity (Wildman–Crippen MR) is 356 cm³/mol. The van der Waals surface area contributed by atoms with Gasteiger partial charge in [-0.25, -0.2) is 14.4 Å². The van der Waals surface area contributed by atoms with Crippen LogP contribution in [-0.4, -0.2) is 259 Å². The lowest BCUT2D eigenvalue weighted by Gasteiger charge is -2.31. The summed E-state index contributed by atoms with van der Waals surface area (Å²) in [6.07, 6.45) is -5.81. The second kappa shape index (κ2) is 36.7. The molecule has 3 aliphatic heterocycles. The maximum absolute atomic E-state index is 14.3. The van der Waals surface area contributed by atoms with Gasteiger partial charge in [-0.15, -0.1) is 5.10 Å². The summed E-state index contributed by atoms with van der Waals surface area (Å²) < 4.78 is 28.9. The molecule has 36 heteroatoms. The zero-order chi connectivity index (χ0) is 74.6. The molecule has 102 heavy (non-hydrogen) atoms. The van der Waals surface area contributed by atoms with E-state index in [1.54, 1.807) is 44.3 Å². The van der Waals surface area contributed by atoms with Crippen LogP contribution in [0.15, 0.2) is 85.2 Å². The Kier molecular flexibility index (Phi) is 28.4. The number of carboxylic acid groups (broad SMARTS) is 1. The summed E-state index contributed by atoms with van der Waals surface area (Å²) in [6.45, 7) is 1.51. The third-order valence-corrected chi connectivity index (χ3v) is 16.7. The third kappa shape index (κ3) is 20.6. The van der Waals surface area contributed by atoms with Crippen molar-refractivity contribution < 1.29 is 112 Å². The van der Waals surface area contributed by atoms with Gasteiger partial charge in [-0.3, -0.25) is 52.8 Å². The Morgan fingerprint density at radius 3 is 2.08 bits per heavy atom. The molecule has 4 aromatic rings. The van der Waals surface area contributed by atoms with Gasteiger partial charge in [-0.2, -0.15) is 0 Å². The summed E-state index contributed by atoms with van der Waals surface area (Å²) in [4.78, 5) is 151. The van der Waals surface area contributed by atoms with E-state index in [-0.39, 0.29) is 79.9 Å². The highest BCUT2D eigenvalue weighted by molar-refractivity contribution is 6.15. The molecule has 3 aliphatic rings. The highest BCUT2D eigenvalue weighted by Crippen LogP contribution is 2.43. The van der Waals surface area contributed by atoms with Gasteiger partial charge in [0.05, 0.1) is 90.7 Å². The predicted octanol–water partition coefficient (Wildman–Crippen LogP) is -2.53. The molecule has 7 rings (SSSR count). The van der Waals surface area contributed by atoms with Crippen molar-refractivity contribution in [1.82, 2.24) is 56.3 Å². The van der Waals surface area contributed by atoms with Crippen molar-refractivity contribution >= 4 is 82.2 Å². The topological polar surface area (TPSA) is 491 Å². The van der Waals surface area contributed by atoms with Crippen molar-refractivity contribution in [3.63, 3.8) is 0 Å². The molecule has 0 fully saturated rings. The highest BCUT2D eigenvalue weighted by Gasteiger charge is 2.46. The first-order chi connectivity index (χ1) is 48.6. The van der Waals surface area contributed by atoms with Crippen LogP contribution in [0.3, 0.4) is 0 Å². The molecular formula is C66H85N13O23. The number of nitrogens with zero attached hydrogens (tertiary/aromatic N) is 7. The van der Waals surface area contributed by atoms with Gasteiger partial charge in [0.2, 0.25) is 35.4 Å². The Morgan fingerprint density at radius 1 is 0.775 bits per heavy atom.